The third kappa shape index (κ3) is 4.79. The van der Waals surface area contributed by atoms with Gasteiger partial charge in [-0.2, -0.15) is 18.4 Å². The molecule has 0 unspecified atom stereocenters. The molecule has 8 heteroatoms. The second kappa shape index (κ2) is 7.47. The summed E-state index contributed by atoms with van der Waals surface area (Å²) in [5.41, 5.74) is -1.30. The van der Waals surface area contributed by atoms with Gasteiger partial charge < -0.3 is 15.2 Å². The number of benzene rings is 1. The fraction of sp³-hybridized carbons (Fsp3) is 0.286. The van der Waals surface area contributed by atoms with E-state index in [0.717, 1.165) is 24.3 Å². The average Bonchev–Trinajstić information content (AvgIpc) is 2.45. The zero-order chi connectivity index (χ0) is 16.8. The standard InChI is InChI=1S/C14H13F3N2O3/c1-22-7-6-12(20)11(8-18)13(21)19-10-4-2-9(3-5-10)14(15,16)17/h2-5,20H,6-7H2,1H3,(H,19,21). The molecule has 0 aromatic heterocycles. The fourth-order valence-electron chi connectivity index (χ4n) is 1.51. The number of alkyl halides is 3. The van der Waals surface area contributed by atoms with Gasteiger partial charge in [-0.25, -0.2) is 0 Å². The molecule has 0 saturated heterocycles. The molecule has 0 saturated carbocycles. The van der Waals surface area contributed by atoms with Crippen molar-refractivity contribution in [1.29, 1.82) is 5.26 Å². The maximum atomic E-state index is 12.4. The maximum absolute atomic E-state index is 12.4. The molecule has 1 rings (SSSR count). The molecule has 0 radical (unpaired) electrons. The summed E-state index contributed by atoms with van der Waals surface area (Å²) in [6, 6.07) is 5.27. The molecule has 0 aliphatic rings. The van der Waals surface area contributed by atoms with Crippen molar-refractivity contribution in [1.82, 2.24) is 0 Å². The molecule has 0 atom stereocenters. The van der Waals surface area contributed by atoms with Crippen LogP contribution in [0.4, 0.5) is 18.9 Å². The van der Waals surface area contributed by atoms with Crippen LogP contribution in [0.5, 0.6) is 0 Å². The molecule has 1 aromatic rings. The number of aliphatic hydroxyl groups is 1. The lowest BCUT2D eigenvalue weighted by Gasteiger charge is -2.09. The molecule has 118 valence electrons. The molecular formula is C14H13F3N2O3. The summed E-state index contributed by atoms with van der Waals surface area (Å²) in [6.45, 7) is 0.116. The SMILES string of the molecule is COCCC(O)=C(C#N)C(=O)Nc1ccc(C(F)(F)F)cc1. The first-order valence-electron chi connectivity index (χ1n) is 6.09. The van der Waals surface area contributed by atoms with Gasteiger partial charge in [0.15, 0.2) is 5.57 Å². The Labute approximate surface area is 124 Å². The Bertz CT molecular complexity index is 601. The first kappa shape index (κ1) is 17.5. The minimum Gasteiger partial charge on any atom is -0.511 e. The van der Waals surface area contributed by atoms with Crippen LogP contribution in [0.15, 0.2) is 35.6 Å². The number of ether oxygens (including phenoxy) is 1. The smallest absolute Gasteiger partial charge is 0.416 e. The minimum absolute atomic E-state index is 0.0280. The van der Waals surface area contributed by atoms with E-state index in [-0.39, 0.29) is 18.7 Å². The van der Waals surface area contributed by atoms with Crippen LogP contribution in [0.2, 0.25) is 0 Å². The second-order valence-corrected chi connectivity index (χ2v) is 4.21. The number of nitriles is 1. The third-order valence-electron chi connectivity index (χ3n) is 2.64. The third-order valence-corrected chi connectivity index (χ3v) is 2.64. The van der Waals surface area contributed by atoms with Crippen molar-refractivity contribution in [2.45, 2.75) is 12.6 Å². The largest absolute Gasteiger partial charge is 0.511 e. The summed E-state index contributed by atoms with van der Waals surface area (Å²) in [5, 5.41) is 20.7. The molecular weight excluding hydrogens is 301 g/mol. The quantitative estimate of drug-likeness (QED) is 0.497. The Morgan fingerprint density at radius 3 is 2.41 bits per heavy atom. The van der Waals surface area contributed by atoms with Gasteiger partial charge in [-0.15, -0.1) is 0 Å². The van der Waals surface area contributed by atoms with Gasteiger partial charge in [0.1, 0.15) is 11.8 Å². The lowest BCUT2D eigenvalue weighted by atomic mass is 10.1. The molecule has 0 bridgehead atoms. The fourth-order valence-corrected chi connectivity index (χ4v) is 1.51. The average molecular weight is 314 g/mol. The van der Waals surface area contributed by atoms with Gasteiger partial charge in [0, 0.05) is 19.2 Å². The first-order chi connectivity index (χ1) is 10.3. The van der Waals surface area contributed by atoms with Crippen LogP contribution in [0, 0.1) is 11.3 Å². The second-order valence-electron chi connectivity index (χ2n) is 4.21. The summed E-state index contributed by atoms with van der Waals surface area (Å²) in [5.74, 6) is -1.36. The van der Waals surface area contributed by atoms with Crippen molar-refractivity contribution in [3.63, 3.8) is 0 Å². The normalized spacial score (nSPS) is 12.3. The summed E-state index contributed by atoms with van der Waals surface area (Å²) >= 11 is 0. The number of anilines is 1. The number of nitrogens with zero attached hydrogens (tertiary/aromatic N) is 1. The predicted molar refractivity (Wildman–Crippen MR) is 71.8 cm³/mol. The number of nitrogens with one attached hydrogen (secondary N) is 1. The van der Waals surface area contributed by atoms with Crippen molar-refractivity contribution < 1.29 is 27.8 Å². The number of amides is 1. The number of hydrogen-bond donors (Lipinski definition) is 2. The van der Waals surface area contributed by atoms with Gasteiger partial charge in [-0.05, 0) is 24.3 Å². The van der Waals surface area contributed by atoms with Gasteiger partial charge in [0.05, 0.1) is 12.2 Å². The first-order valence-corrected chi connectivity index (χ1v) is 6.09. The molecule has 1 amide bonds. The summed E-state index contributed by atoms with van der Waals surface area (Å²) in [7, 11) is 1.39. The molecule has 0 spiro atoms. The lowest BCUT2D eigenvalue weighted by molar-refractivity contribution is -0.137. The molecule has 0 fully saturated rings. The van der Waals surface area contributed by atoms with Crippen LogP contribution in [0.1, 0.15) is 12.0 Å². The van der Waals surface area contributed by atoms with E-state index in [2.05, 4.69) is 5.32 Å². The van der Waals surface area contributed by atoms with E-state index < -0.39 is 29.0 Å². The van der Waals surface area contributed by atoms with Crippen LogP contribution >= 0.6 is 0 Å². The van der Waals surface area contributed by atoms with E-state index in [0.29, 0.717) is 0 Å². The molecule has 0 heterocycles. The summed E-state index contributed by atoms with van der Waals surface area (Å²) < 4.78 is 41.9. The Morgan fingerprint density at radius 1 is 1.36 bits per heavy atom. The molecule has 2 N–H and O–H groups in total. The van der Waals surface area contributed by atoms with Gasteiger partial charge in [-0.3, -0.25) is 4.79 Å². The topological polar surface area (TPSA) is 82.3 Å². The number of carbonyl (C=O) groups excluding carboxylic acids is 1. The van der Waals surface area contributed by atoms with Crippen LogP contribution in [0.25, 0.3) is 0 Å². The molecule has 5 nitrogen and oxygen atoms in total. The zero-order valence-electron chi connectivity index (χ0n) is 11.6. The van der Waals surface area contributed by atoms with E-state index in [4.69, 9.17) is 10.00 Å². The summed E-state index contributed by atoms with van der Waals surface area (Å²) in [4.78, 5) is 11.8. The van der Waals surface area contributed by atoms with Gasteiger partial charge in [0.2, 0.25) is 0 Å². The lowest BCUT2D eigenvalue weighted by Crippen LogP contribution is -2.16. The minimum atomic E-state index is -4.47. The number of rotatable bonds is 5. The Balaban J connectivity index is 2.85. The molecule has 1 aromatic carbocycles. The highest BCUT2D eigenvalue weighted by Crippen LogP contribution is 2.29. The monoisotopic (exact) mass is 314 g/mol. The van der Waals surface area contributed by atoms with Gasteiger partial charge in [0.25, 0.3) is 5.91 Å². The summed E-state index contributed by atoms with van der Waals surface area (Å²) in [6.07, 6.45) is -4.50. The number of halogens is 3. The maximum Gasteiger partial charge on any atom is 0.416 e. The number of methoxy groups -OCH3 is 1. The number of hydrogen-bond acceptors (Lipinski definition) is 4. The highest BCUT2D eigenvalue weighted by molar-refractivity contribution is 6.06. The van der Waals surface area contributed by atoms with Crippen LogP contribution < -0.4 is 5.32 Å². The molecule has 22 heavy (non-hydrogen) atoms. The van der Waals surface area contributed by atoms with E-state index in [1.54, 1.807) is 6.07 Å². The van der Waals surface area contributed by atoms with Gasteiger partial charge in [-0.1, -0.05) is 0 Å². The van der Waals surface area contributed by atoms with Crippen LogP contribution in [0.3, 0.4) is 0 Å². The van der Waals surface area contributed by atoms with Crippen molar-refractivity contribution in [2.75, 3.05) is 19.0 Å². The van der Waals surface area contributed by atoms with Gasteiger partial charge >= 0.3 is 6.18 Å². The van der Waals surface area contributed by atoms with E-state index in [1.807, 2.05) is 0 Å². The van der Waals surface area contributed by atoms with Crippen LogP contribution in [-0.2, 0) is 15.7 Å². The Morgan fingerprint density at radius 2 is 1.95 bits per heavy atom. The number of aliphatic hydroxyl groups excluding tert-OH is 1. The Kier molecular flexibility index (Phi) is 5.95. The number of carbonyl (C=O) groups is 1. The zero-order valence-corrected chi connectivity index (χ0v) is 11.6. The molecule has 0 aliphatic heterocycles. The predicted octanol–water partition coefficient (Wildman–Crippen LogP) is 3.02. The van der Waals surface area contributed by atoms with E-state index >= 15 is 0 Å². The van der Waals surface area contributed by atoms with Crippen molar-refractivity contribution in [2.24, 2.45) is 0 Å². The van der Waals surface area contributed by atoms with Crippen molar-refractivity contribution in [3.05, 3.63) is 41.2 Å². The highest BCUT2D eigenvalue weighted by Gasteiger charge is 2.30. The van der Waals surface area contributed by atoms with Crippen molar-refractivity contribution in [3.8, 4) is 6.07 Å². The van der Waals surface area contributed by atoms with E-state index in [9.17, 15) is 23.1 Å². The van der Waals surface area contributed by atoms with E-state index in [1.165, 1.54) is 7.11 Å². The Hall–Kier alpha value is -2.53. The van der Waals surface area contributed by atoms with Crippen LogP contribution in [-0.4, -0.2) is 24.7 Å². The molecule has 0 aliphatic carbocycles. The van der Waals surface area contributed by atoms with Crippen molar-refractivity contribution >= 4 is 11.6 Å². The highest BCUT2D eigenvalue weighted by atomic mass is 19.4.